The molecule has 0 aliphatic carbocycles. The average molecular weight is 452 g/mol. The molecule has 166 valence electrons. The summed E-state index contributed by atoms with van der Waals surface area (Å²) < 4.78 is 1.31. The molecule has 1 fully saturated rings. The second-order valence-corrected chi connectivity index (χ2v) is 8.24. The van der Waals surface area contributed by atoms with Gasteiger partial charge in [0.1, 0.15) is 5.02 Å². The van der Waals surface area contributed by atoms with Crippen molar-refractivity contribution in [1.29, 1.82) is 0 Å². The van der Waals surface area contributed by atoms with E-state index in [-0.39, 0.29) is 16.5 Å². The van der Waals surface area contributed by atoms with Crippen molar-refractivity contribution in [3.63, 3.8) is 0 Å². The number of hydrogen-bond donors (Lipinski definition) is 1. The standard InChI is InChI=1S/C24H26ClN5O2/c1-18-7-5-6-8-19(18)15-26-22(31)17-28-11-13-29(14-12-28)21-16-27-30(24(32)23(21)25)20-9-3-2-4-10-20/h2-10,16H,11-15,17H2,1H3,(H,26,31). The predicted octanol–water partition coefficient (Wildman–Crippen LogP) is 2.63. The molecule has 1 amide bonds. The molecule has 0 bridgehead atoms. The number of carbonyl (C=O) groups excluding carboxylic acids is 1. The fourth-order valence-electron chi connectivity index (χ4n) is 3.81. The number of carbonyl (C=O) groups is 1. The summed E-state index contributed by atoms with van der Waals surface area (Å²) in [6.07, 6.45) is 1.64. The van der Waals surface area contributed by atoms with Gasteiger partial charge in [-0.2, -0.15) is 9.78 Å². The number of piperazine rings is 1. The first kappa shape index (κ1) is 22.0. The minimum absolute atomic E-state index is 0.00635. The first-order valence-corrected chi connectivity index (χ1v) is 11.0. The van der Waals surface area contributed by atoms with Crippen LogP contribution in [0.2, 0.25) is 5.02 Å². The van der Waals surface area contributed by atoms with Gasteiger partial charge in [-0.25, -0.2) is 0 Å². The Balaban J connectivity index is 1.33. The third-order valence-electron chi connectivity index (χ3n) is 5.72. The van der Waals surface area contributed by atoms with Gasteiger partial charge in [0.25, 0.3) is 5.56 Å². The van der Waals surface area contributed by atoms with E-state index >= 15 is 0 Å². The Hall–Kier alpha value is -3.16. The van der Waals surface area contributed by atoms with Gasteiger partial charge in [-0.15, -0.1) is 0 Å². The first-order valence-electron chi connectivity index (χ1n) is 10.6. The Morgan fingerprint density at radius 1 is 1.03 bits per heavy atom. The number of nitrogens with one attached hydrogen (secondary N) is 1. The van der Waals surface area contributed by atoms with E-state index in [1.165, 1.54) is 10.2 Å². The normalized spacial score (nSPS) is 14.4. The summed E-state index contributed by atoms with van der Waals surface area (Å²) >= 11 is 6.42. The van der Waals surface area contributed by atoms with E-state index in [0.717, 1.165) is 5.56 Å². The number of amides is 1. The van der Waals surface area contributed by atoms with Gasteiger partial charge in [-0.3, -0.25) is 14.5 Å². The molecule has 4 rings (SSSR count). The van der Waals surface area contributed by atoms with Gasteiger partial charge in [-0.1, -0.05) is 54.1 Å². The topological polar surface area (TPSA) is 70.5 Å². The predicted molar refractivity (Wildman–Crippen MR) is 127 cm³/mol. The van der Waals surface area contributed by atoms with E-state index in [2.05, 4.69) is 15.3 Å². The molecule has 2 heterocycles. The SMILES string of the molecule is Cc1ccccc1CNC(=O)CN1CCN(c2cnn(-c3ccccc3)c(=O)c2Cl)CC1. The van der Waals surface area contributed by atoms with Gasteiger partial charge in [0.05, 0.1) is 24.1 Å². The van der Waals surface area contributed by atoms with Crippen LogP contribution in [0.4, 0.5) is 5.69 Å². The maximum atomic E-state index is 12.7. The molecule has 1 aromatic heterocycles. The van der Waals surface area contributed by atoms with E-state index in [4.69, 9.17) is 11.6 Å². The van der Waals surface area contributed by atoms with E-state index in [0.29, 0.717) is 50.6 Å². The van der Waals surface area contributed by atoms with Crippen LogP contribution in [0.25, 0.3) is 5.69 Å². The fourth-order valence-corrected chi connectivity index (χ4v) is 4.05. The Kier molecular flexibility index (Phi) is 6.87. The first-order chi connectivity index (χ1) is 15.5. The smallest absolute Gasteiger partial charge is 0.292 e. The van der Waals surface area contributed by atoms with Crippen LogP contribution < -0.4 is 15.8 Å². The summed E-state index contributed by atoms with van der Waals surface area (Å²) in [5.41, 5.74) is 3.26. The van der Waals surface area contributed by atoms with Crippen LogP contribution in [0.1, 0.15) is 11.1 Å². The molecule has 0 atom stereocenters. The third-order valence-corrected chi connectivity index (χ3v) is 6.07. The quantitative estimate of drug-likeness (QED) is 0.624. The fraction of sp³-hybridized carbons (Fsp3) is 0.292. The second kappa shape index (κ2) is 9.97. The van der Waals surface area contributed by atoms with E-state index in [1.54, 1.807) is 6.20 Å². The Morgan fingerprint density at radius 3 is 2.44 bits per heavy atom. The highest BCUT2D eigenvalue weighted by Crippen LogP contribution is 2.23. The number of rotatable bonds is 6. The van der Waals surface area contributed by atoms with Crippen LogP contribution >= 0.6 is 11.6 Å². The van der Waals surface area contributed by atoms with Crippen molar-refractivity contribution in [3.05, 3.63) is 87.3 Å². The number of aromatic nitrogens is 2. The Morgan fingerprint density at radius 2 is 1.72 bits per heavy atom. The van der Waals surface area contributed by atoms with Crippen molar-refractivity contribution in [3.8, 4) is 5.69 Å². The molecule has 1 saturated heterocycles. The van der Waals surface area contributed by atoms with Crippen molar-refractivity contribution < 1.29 is 4.79 Å². The molecule has 2 aromatic carbocycles. The summed E-state index contributed by atoms with van der Waals surface area (Å²) in [5.74, 6) is 0.00635. The molecular formula is C24H26ClN5O2. The molecule has 0 saturated carbocycles. The second-order valence-electron chi connectivity index (χ2n) is 7.86. The van der Waals surface area contributed by atoms with Gasteiger partial charge in [-0.05, 0) is 30.2 Å². The van der Waals surface area contributed by atoms with Crippen molar-refractivity contribution in [2.75, 3.05) is 37.6 Å². The third kappa shape index (κ3) is 5.00. The van der Waals surface area contributed by atoms with Crippen molar-refractivity contribution >= 4 is 23.2 Å². The molecule has 32 heavy (non-hydrogen) atoms. The molecule has 8 heteroatoms. The average Bonchev–Trinajstić information content (AvgIpc) is 2.81. The van der Waals surface area contributed by atoms with E-state index in [9.17, 15) is 9.59 Å². The van der Waals surface area contributed by atoms with Crippen LogP contribution in [0, 0.1) is 6.92 Å². The van der Waals surface area contributed by atoms with E-state index in [1.807, 2.05) is 66.4 Å². The minimum atomic E-state index is -0.339. The summed E-state index contributed by atoms with van der Waals surface area (Å²) in [5, 5.41) is 7.47. The number of benzene rings is 2. The molecule has 7 nitrogen and oxygen atoms in total. The number of anilines is 1. The highest BCUT2D eigenvalue weighted by molar-refractivity contribution is 6.33. The lowest BCUT2D eigenvalue weighted by atomic mass is 10.1. The highest BCUT2D eigenvalue weighted by atomic mass is 35.5. The Labute approximate surface area is 192 Å². The van der Waals surface area contributed by atoms with Gasteiger partial charge in [0.15, 0.2) is 0 Å². The molecule has 1 N–H and O–H groups in total. The zero-order valence-electron chi connectivity index (χ0n) is 18.0. The molecular weight excluding hydrogens is 426 g/mol. The molecule has 0 spiro atoms. The number of nitrogens with zero attached hydrogens (tertiary/aromatic N) is 4. The Bertz CT molecular complexity index is 1140. The van der Waals surface area contributed by atoms with Crippen LogP contribution in [0.5, 0.6) is 0 Å². The summed E-state index contributed by atoms with van der Waals surface area (Å²) in [7, 11) is 0. The van der Waals surface area contributed by atoms with Gasteiger partial charge < -0.3 is 10.2 Å². The maximum Gasteiger partial charge on any atom is 0.292 e. The van der Waals surface area contributed by atoms with Crippen LogP contribution in [0.3, 0.4) is 0 Å². The number of para-hydroxylation sites is 1. The number of aryl methyl sites for hydroxylation is 1. The highest BCUT2D eigenvalue weighted by Gasteiger charge is 2.22. The number of hydrogen-bond acceptors (Lipinski definition) is 5. The van der Waals surface area contributed by atoms with Gasteiger partial charge in [0, 0.05) is 32.7 Å². The zero-order chi connectivity index (χ0) is 22.5. The lowest BCUT2D eigenvalue weighted by molar-refractivity contribution is -0.122. The minimum Gasteiger partial charge on any atom is -0.366 e. The lowest BCUT2D eigenvalue weighted by Gasteiger charge is -2.35. The van der Waals surface area contributed by atoms with Crippen molar-refractivity contribution in [2.45, 2.75) is 13.5 Å². The van der Waals surface area contributed by atoms with Gasteiger partial charge in [0.2, 0.25) is 5.91 Å². The van der Waals surface area contributed by atoms with Crippen LogP contribution in [0.15, 0.2) is 65.6 Å². The molecule has 0 radical (unpaired) electrons. The van der Waals surface area contributed by atoms with Crippen molar-refractivity contribution in [2.24, 2.45) is 0 Å². The molecule has 0 unspecified atom stereocenters. The van der Waals surface area contributed by atoms with Crippen molar-refractivity contribution in [1.82, 2.24) is 20.0 Å². The molecule has 3 aromatic rings. The van der Waals surface area contributed by atoms with Crippen LogP contribution in [-0.4, -0.2) is 53.3 Å². The number of halogens is 1. The summed E-state index contributed by atoms with van der Waals surface area (Å²) in [6.45, 7) is 5.67. The molecule has 1 aliphatic rings. The summed E-state index contributed by atoms with van der Waals surface area (Å²) in [4.78, 5) is 29.3. The lowest BCUT2D eigenvalue weighted by Crippen LogP contribution is -2.49. The molecule has 1 aliphatic heterocycles. The maximum absolute atomic E-state index is 12.7. The monoisotopic (exact) mass is 451 g/mol. The van der Waals surface area contributed by atoms with Gasteiger partial charge >= 0.3 is 0 Å². The largest absolute Gasteiger partial charge is 0.366 e. The van der Waals surface area contributed by atoms with Crippen LogP contribution in [-0.2, 0) is 11.3 Å². The summed E-state index contributed by atoms with van der Waals surface area (Å²) in [6, 6.07) is 17.2. The van der Waals surface area contributed by atoms with E-state index < -0.39 is 0 Å². The zero-order valence-corrected chi connectivity index (χ0v) is 18.8.